The first-order valence-electron chi connectivity index (χ1n) is 6.04. The smallest absolute Gasteiger partial charge is 0.335 e. The van der Waals surface area contributed by atoms with Crippen LogP contribution in [0.4, 0.5) is 0 Å². The number of rotatable bonds is 6. The van der Waals surface area contributed by atoms with E-state index in [1.807, 2.05) is 0 Å². The van der Waals surface area contributed by atoms with Gasteiger partial charge >= 0.3 is 5.97 Å². The molecule has 1 aromatic heterocycles. The predicted molar refractivity (Wildman–Crippen MR) is 72.9 cm³/mol. The summed E-state index contributed by atoms with van der Waals surface area (Å²) in [5.41, 5.74) is 0.196. The number of ether oxygens (including phenoxy) is 3. The van der Waals surface area contributed by atoms with Crippen LogP contribution in [0.25, 0.3) is 0 Å². The van der Waals surface area contributed by atoms with Crippen molar-refractivity contribution >= 4 is 5.97 Å². The molecule has 0 saturated carbocycles. The number of nitrogens with zero attached hydrogens (tertiary/aromatic N) is 2. The van der Waals surface area contributed by atoms with Crippen molar-refractivity contribution in [3.8, 4) is 17.5 Å². The summed E-state index contributed by atoms with van der Waals surface area (Å²) in [6.45, 7) is 0.111. The Morgan fingerprint density at radius 3 is 2.14 bits per heavy atom. The lowest BCUT2D eigenvalue weighted by Gasteiger charge is -2.08. The second-order valence-electron chi connectivity index (χ2n) is 3.99. The molecule has 0 spiro atoms. The van der Waals surface area contributed by atoms with Crippen molar-refractivity contribution in [1.82, 2.24) is 9.97 Å². The second-order valence-corrected chi connectivity index (χ2v) is 3.99. The molecule has 0 bridgehead atoms. The van der Waals surface area contributed by atoms with Crippen molar-refractivity contribution in [3.63, 3.8) is 0 Å². The number of benzene rings is 1. The van der Waals surface area contributed by atoms with Crippen LogP contribution >= 0.6 is 0 Å². The van der Waals surface area contributed by atoms with E-state index >= 15 is 0 Å². The predicted octanol–water partition coefficient (Wildman–Crippen LogP) is 1.77. The molecule has 110 valence electrons. The number of aromatic nitrogens is 2. The molecule has 0 saturated heterocycles. The summed E-state index contributed by atoms with van der Waals surface area (Å²) in [5, 5.41) is 8.81. The summed E-state index contributed by atoms with van der Waals surface area (Å²) in [6.07, 6.45) is 0. The molecule has 0 aliphatic rings. The number of carbonyl (C=O) groups is 1. The molecule has 7 nitrogen and oxygen atoms in total. The van der Waals surface area contributed by atoms with Gasteiger partial charge in [0.2, 0.25) is 11.8 Å². The van der Waals surface area contributed by atoms with Crippen LogP contribution in [0.15, 0.2) is 30.3 Å². The molecular weight excluding hydrogens is 276 g/mol. The van der Waals surface area contributed by atoms with Gasteiger partial charge in [0.05, 0.1) is 25.8 Å². The zero-order valence-electron chi connectivity index (χ0n) is 11.6. The molecule has 0 unspecified atom stereocenters. The maximum atomic E-state index is 10.7. The molecule has 21 heavy (non-hydrogen) atoms. The highest BCUT2D eigenvalue weighted by Gasteiger charge is 2.07. The molecule has 0 aliphatic heterocycles. The molecule has 0 aliphatic carbocycles. The summed E-state index contributed by atoms with van der Waals surface area (Å²) in [5.74, 6) is 0.685. The van der Waals surface area contributed by atoms with Gasteiger partial charge < -0.3 is 19.3 Å². The van der Waals surface area contributed by atoms with Crippen LogP contribution < -0.4 is 14.2 Å². The minimum absolute atomic E-state index is 0.111. The normalized spacial score (nSPS) is 10.0. The topological polar surface area (TPSA) is 90.8 Å². The summed E-state index contributed by atoms with van der Waals surface area (Å²) in [7, 11) is 2.99. The molecule has 1 heterocycles. The Hall–Kier alpha value is -2.83. The first-order chi connectivity index (χ1) is 10.1. The molecular formula is C14H14N2O5. The summed E-state index contributed by atoms with van der Waals surface area (Å²) in [4.78, 5) is 19.0. The highest BCUT2D eigenvalue weighted by Crippen LogP contribution is 2.17. The van der Waals surface area contributed by atoms with Crippen molar-refractivity contribution in [1.29, 1.82) is 0 Å². The van der Waals surface area contributed by atoms with Crippen molar-refractivity contribution < 1.29 is 24.1 Å². The zero-order chi connectivity index (χ0) is 15.2. The Kier molecular flexibility index (Phi) is 4.55. The Bertz CT molecular complexity index is 606. The van der Waals surface area contributed by atoms with E-state index in [1.165, 1.54) is 26.4 Å². The number of carboxylic acid groups (broad SMARTS) is 1. The van der Waals surface area contributed by atoms with Gasteiger partial charge in [0, 0.05) is 0 Å². The quantitative estimate of drug-likeness (QED) is 0.866. The van der Waals surface area contributed by atoms with Crippen LogP contribution in [0.5, 0.6) is 17.5 Å². The third-order valence-corrected chi connectivity index (χ3v) is 2.61. The highest BCUT2D eigenvalue weighted by atomic mass is 16.5. The van der Waals surface area contributed by atoms with Crippen LogP contribution in [0, 0.1) is 0 Å². The van der Waals surface area contributed by atoms with Gasteiger partial charge in [-0.15, -0.1) is 0 Å². The Labute approximate surface area is 121 Å². The van der Waals surface area contributed by atoms with Gasteiger partial charge in [-0.2, -0.15) is 9.97 Å². The maximum absolute atomic E-state index is 10.7. The molecule has 7 heteroatoms. The average Bonchev–Trinajstić information content (AvgIpc) is 2.52. The SMILES string of the molecule is COc1cc(OC)nc(COc2ccc(C(=O)O)cc2)n1. The van der Waals surface area contributed by atoms with Crippen LogP contribution in [0.3, 0.4) is 0 Å². The van der Waals surface area contributed by atoms with Gasteiger partial charge in [-0.25, -0.2) is 4.79 Å². The van der Waals surface area contributed by atoms with Gasteiger partial charge in [-0.1, -0.05) is 0 Å². The summed E-state index contributed by atoms with van der Waals surface area (Å²) < 4.78 is 15.6. The minimum atomic E-state index is -0.984. The number of carboxylic acids is 1. The fourth-order valence-electron chi connectivity index (χ4n) is 1.56. The fraction of sp³-hybridized carbons (Fsp3) is 0.214. The van der Waals surface area contributed by atoms with Gasteiger partial charge in [0.15, 0.2) is 5.82 Å². The highest BCUT2D eigenvalue weighted by molar-refractivity contribution is 5.87. The van der Waals surface area contributed by atoms with Crippen molar-refractivity contribution in [3.05, 3.63) is 41.7 Å². The summed E-state index contributed by atoms with van der Waals surface area (Å²) in [6, 6.07) is 7.63. The molecule has 1 N–H and O–H groups in total. The average molecular weight is 290 g/mol. The fourth-order valence-corrected chi connectivity index (χ4v) is 1.56. The molecule has 0 amide bonds. The van der Waals surface area contributed by atoms with Crippen LogP contribution in [-0.4, -0.2) is 35.3 Å². The van der Waals surface area contributed by atoms with Crippen molar-refractivity contribution in [2.24, 2.45) is 0 Å². The largest absolute Gasteiger partial charge is 0.486 e. The van der Waals surface area contributed by atoms with E-state index in [9.17, 15) is 4.79 Å². The van der Waals surface area contributed by atoms with E-state index in [4.69, 9.17) is 19.3 Å². The second kappa shape index (κ2) is 6.56. The number of aromatic carboxylic acids is 1. The van der Waals surface area contributed by atoms with Crippen LogP contribution in [0.1, 0.15) is 16.2 Å². The molecule has 0 fully saturated rings. The molecule has 0 radical (unpaired) electrons. The van der Waals surface area contributed by atoms with E-state index < -0.39 is 5.97 Å². The molecule has 2 aromatic rings. The Balaban J connectivity index is 2.06. The third kappa shape index (κ3) is 3.82. The van der Waals surface area contributed by atoms with Crippen LogP contribution in [0.2, 0.25) is 0 Å². The lowest BCUT2D eigenvalue weighted by molar-refractivity contribution is 0.0697. The number of hydrogen-bond donors (Lipinski definition) is 1. The monoisotopic (exact) mass is 290 g/mol. The van der Waals surface area contributed by atoms with Gasteiger partial charge in [0.25, 0.3) is 0 Å². The molecule has 2 rings (SSSR count). The lowest BCUT2D eigenvalue weighted by Crippen LogP contribution is -2.04. The Morgan fingerprint density at radius 1 is 1.10 bits per heavy atom. The first kappa shape index (κ1) is 14.6. The standard InChI is InChI=1S/C14H14N2O5/c1-19-12-7-13(20-2)16-11(15-12)8-21-10-5-3-9(4-6-10)14(17)18/h3-7H,8H2,1-2H3,(H,17,18). The van der Waals surface area contributed by atoms with E-state index in [2.05, 4.69) is 9.97 Å². The number of methoxy groups -OCH3 is 2. The maximum Gasteiger partial charge on any atom is 0.335 e. The number of hydrogen-bond acceptors (Lipinski definition) is 6. The van der Waals surface area contributed by atoms with Gasteiger partial charge in [-0.3, -0.25) is 0 Å². The van der Waals surface area contributed by atoms with E-state index in [-0.39, 0.29) is 12.2 Å². The Morgan fingerprint density at radius 2 is 1.67 bits per heavy atom. The van der Waals surface area contributed by atoms with Crippen molar-refractivity contribution in [2.45, 2.75) is 6.61 Å². The van der Waals surface area contributed by atoms with Crippen LogP contribution in [-0.2, 0) is 6.61 Å². The zero-order valence-corrected chi connectivity index (χ0v) is 11.6. The minimum Gasteiger partial charge on any atom is -0.486 e. The third-order valence-electron chi connectivity index (χ3n) is 2.61. The van der Waals surface area contributed by atoms with E-state index in [0.29, 0.717) is 23.3 Å². The van der Waals surface area contributed by atoms with E-state index in [1.54, 1.807) is 18.2 Å². The molecule has 1 aromatic carbocycles. The lowest BCUT2D eigenvalue weighted by atomic mass is 10.2. The molecule has 0 atom stereocenters. The van der Waals surface area contributed by atoms with Gasteiger partial charge in [-0.05, 0) is 24.3 Å². The van der Waals surface area contributed by atoms with Gasteiger partial charge in [0.1, 0.15) is 12.4 Å². The first-order valence-corrected chi connectivity index (χ1v) is 6.04. The van der Waals surface area contributed by atoms with E-state index in [0.717, 1.165) is 0 Å². The van der Waals surface area contributed by atoms with Crippen molar-refractivity contribution in [2.75, 3.05) is 14.2 Å². The summed E-state index contributed by atoms with van der Waals surface area (Å²) >= 11 is 0.